The molecule has 2 N–H and O–H groups in total. The molecule has 3 aromatic rings. The van der Waals surface area contributed by atoms with Gasteiger partial charge in [0.2, 0.25) is 0 Å². The number of nitrogen functional groups attached to an aromatic ring is 1. The van der Waals surface area contributed by atoms with Crippen LogP contribution in [-0.2, 0) is 13.0 Å². The first-order chi connectivity index (χ1) is 9.69. The largest absolute Gasteiger partial charge is 0.399 e. The minimum Gasteiger partial charge on any atom is -0.399 e. The number of fused-ring (bicyclic) bond motifs is 1. The number of aryl methyl sites for hydroxylation is 1. The van der Waals surface area contributed by atoms with Crippen molar-refractivity contribution in [1.29, 1.82) is 0 Å². The molecule has 0 bridgehead atoms. The van der Waals surface area contributed by atoms with E-state index in [4.69, 9.17) is 5.73 Å². The monoisotopic (exact) mass is 269 g/mol. The second-order valence-corrected chi connectivity index (χ2v) is 4.79. The summed E-state index contributed by atoms with van der Waals surface area (Å²) in [5, 5.41) is 0. The van der Waals surface area contributed by atoms with Crippen LogP contribution in [0.4, 0.5) is 10.1 Å². The Bertz CT molecular complexity index is 762. The second kappa shape index (κ2) is 4.96. The van der Waals surface area contributed by atoms with Gasteiger partial charge in [-0.1, -0.05) is 12.1 Å². The summed E-state index contributed by atoms with van der Waals surface area (Å²) in [4.78, 5) is 4.61. The molecule has 0 amide bonds. The standard InChI is InChI=1S/C16H16FN3/c1-2-20-15-6-4-3-5-14(15)19-16(20)10-11-9-12(18)7-8-13(11)17/h3-9H,2,10,18H2,1H3. The molecule has 0 saturated heterocycles. The van der Waals surface area contributed by atoms with Gasteiger partial charge in [0.05, 0.1) is 11.0 Å². The maximum atomic E-state index is 13.9. The molecule has 2 aromatic carbocycles. The average molecular weight is 269 g/mol. The van der Waals surface area contributed by atoms with E-state index >= 15 is 0 Å². The highest BCUT2D eigenvalue weighted by Crippen LogP contribution is 2.20. The lowest BCUT2D eigenvalue weighted by Gasteiger charge is -2.07. The van der Waals surface area contributed by atoms with Crippen molar-refractivity contribution in [2.24, 2.45) is 0 Å². The summed E-state index contributed by atoms with van der Waals surface area (Å²) in [6.07, 6.45) is 0.444. The first kappa shape index (κ1) is 12.7. The van der Waals surface area contributed by atoms with Crippen molar-refractivity contribution in [3.05, 3.63) is 59.7 Å². The van der Waals surface area contributed by atoms with Crippen molar-refractivity contribution in [2.75, 3.05) is 5.73 Å². The Balaban J connectivity index is 2.08. The van der Waals surface area contributed by atoms with Crippen LogP contribution < -0.4 is 5.73 Å². The maximum absolute atomic E-state index is 13.9. The Morgan fingerprint density at radius 3 is 2.80 bits per heavy atom. The van der Waals surface area contributed by atoms with Gasteiger partial charge in [-0.05, 0) is 42.8 Å². The van der Waals surface area contributed by atoms with Gasteiger partial charge < -0.3 is 10.3 Å². The first-order valence-electron chi connectivity index (χ1n) is 6.67. The number of imidazole rings is 1. The Morgan fingerprint density at radius 1 is 1.20 bits per heavy atom. The number of anilines is 1. The average Bonchev–Trinajstić information content (AvgIpc) is 2.80. The molecule has 0 fully saturated rings. The van der Waals surface area contributed by atoms with E-state index in [9.17, 15) is 4.39 Å². The zero-order valence-electron chi connectivity index (χ0n) is 11.3. The molecule has 1 heterocycles. The van der Waals surface area contributed by atoms with E-state index in [2.05, 4.69) is 16.5 Å². The quantitative estimate of drug-likeness (QED) is 0.741. The van der Waals surface area contributed by atoms with Crippen LogP contribution in [0.1, 0.15) is 18.3 Å². The van der Waals surface area contributed by atoms with Crippen molar-refractivity contribution in [2.45, 2.75) is 19.9 Å². The van der Waals surface area contributed by atoms with Crippen molar-refractivity contribution >= 4 is 16.7 Å². The van der Waals surface area contributed by atoms with Crippen molar-refractivity contribution in [3.63, 3.8) is 0 Å². The summed E-state index contributed by atoms with van der Waals surface area (Å²) in [5.41, 5.74) is 8.90. The summed E-state index contributed by atoms with van der Waals surface area (Å²) in [6.45, 7) is 2.87. The van der Waals surface area contributed by atoms with Gasteiger partial charge in [-0.2, -0.15) is 0 Å². The van der Waals surface area contributed by atoms with Gasteiger partial charge in [0, 0.05) is 18.7 Å². The number of hydrogen-bond donors (Lipinski definition) is 1. The molecule has 0 aliphatic rings. The summed E-state index contributed by atoms with van der Waals surface area (Å²) in [7, 11) is 0. The van der Waals surface area contributed by atoms with E-state index in [-0.39, 0.29) is 5.82 Å². The summed E-state index contributed by atoms with van der Waals surface area (Å²) in [5.74, 6) is 0.618. The lowest BCUT2D eigenvalue weighted by atomic mass is 10.1. The molecule has 0 aliphatic heterocycles. The van der Waals surface area contributed by atoms with Crippen LogP contribution in [0.5, 0.6) is 0 Å². The third kappa shape index (κ3) is 2.13. The number of benzene rings is 2. The van der Waals surface area contributed by atoms with Gasteiger partial charge in [-0.25, -0.2) is 9.37 Å². The third-order valence-electron chi connectivity index (χ3n) is 3.47. The molecule has 0 radical (unpaired) electrons. The fourth-order valence-corrected chi connectivity index (χ4v) is 2.51. The predicted molar refractivity (Wildman–Crippen MR) is 79.0 cm³/mol. The smallest absolute Gasteiger partial charge is 0.127 e. The molecule has 0 atom stereocenters. The molecule has 0 saturated carbocycles. The Morgan fingerprint density at radius 2 is 2.00 bits per heavy atom. The number of hydrogen-bond acceptors (Lipinski definition) is 2. The Labute approximate surface area is 116 Å². The molecule has 0 spiro atoms. The SMILES string of the molecule is CCn1c(Cc2cc(N)ccc2F)nc2ccccc21. The molecule has 102 valence electrons. The van der Waals surface area contributed by atoms with Crippen LogP contribution >= 0.6 is 0 Å². The van der Waals surface area contributed by atoms with Crippen LogP contribution in [0.3, 0.4) is 0 Å². The number of rotatable bonds is 3. The van der Waals surface area contributed by atoms with Crippen molar-refractivity contribution in [1.82, 2.24) is 9.55 Å². The third-order valence-corrected chi connectivity index (χ3v) is 3.47. The number of aromatic nitrogens is 2. The van der Waals surface area contributed by atoms with E-state index in [1.165, 1.54) is 6.07 Å². The molecular weight excluding hydrogens is 253 g/mol. The fourth-order valence-electron chi connectivity index (χ4n) is 2.51. The molecule has 0 aliphatic carbocycles. The summed E-state index contributed by atoms with van der Waals surface area (Å²) in [6, 6.07) is 12.6. The van der Waals surface area contributed by atoms with Crippen LogP contribution in [0.15, 0.2) is 42.5 Å². The van der Waals surface area contributed by atoms with Gasteiger partial charge in [-0.3, -0.25) is 0 Å². The topological polar surface area (TPSA) is 43.8 Å². The van der Waals surface area contributed by atoms with Gasteiger partial charge in [0.15, 0.2) is 0 Å². The van der Waals surface area contributed by atoms with E-state index in [1.54, 1.807) is 12.1 Å². The van der Waals surface area contributed by atoms with E-state index < -0.39 is 0 Å². The van der Waals surface area contributed by atoms with E-state index in [0.29, 0.717) is 17.7 Å². The lowest BCUT2D eigenvalue weighted by Crippen LogP contribution is -2.04. The molecule has 0 unspecified atom stereocenters. The zero-order chi connectivity index (χ0) is 14.1. The maximum Gasteiger partial charge on any atom is 0.127 e. The highest BCUT2D eigenvalue weighted by atomic mass is 19.1. The fraction of sp³-hybridized carbons (Fsp3) is 0.188. The number of nitrogens with zero attached hydrogens (tertiary/aromatic N) is 2. The van der Waals surface area contributed by atoms with Crippen LogP contribution in [0.2, 0.25) is 0 Å². The number of para-hydroxylation sites is 2. The zero-order valence-corrected chi connectivity index (χ0v) is 11.3. The van der Waals surface area contributed by atoms with Crippen LogP contribution in [-0.4, -0.2) is 9.55 Å². The molecule has 1 aromatic heterocycles. The van der Waals surface area contributed by atoms with E-state index in [1.807, 2.05) is 24.3 Å². The van der Waals surface area contributed by atoms with Crippen LogP contribution in [0, 0.1) is 5.82 Å². The van der Waals surface area contributed by atoms with Crippen molar-refractivity contribution in [3.8, 4) is 0 Å². The molecule has 3 nitrogen and oxygen atoms in total. The minimum absolute atomic E-state index is 0.242. The highest BCUT2D eigenvalue weighted by Gasteiger charge is 2.12. The Kier molecular flexibility index (Phi) is 3.14. The van der Waals surface area contributed by atoms with Gasteiger partial charge in [0.1, 0.15) is 11.6 Å². The van der Waals surface area contributed by atoms with E-state index in [0.717, 1.165) is 23.4 Å². The van der Waals surface area contributed by atoms with Gasteiger partial charge in [0.25, 0.3) is 0 Å². The van der Waals surface area contributed by atoms with Crippen LogP contribution in [0.25, 0.3) is 11.0 Å². The lowest BCUT2D eigenvalue weighted by molar-refractivity contribution is 0.609. The summed E-state index contributed by atoms with van der Waals surface area (Å²) >= 11 is 0. The highest BCUT2D eigenvalue weighted by molar-refractivity contribution is 5.76. The normalized spacial score (nSPS) is 11.1. The minimum atomic E-state index is -0.242. The molecule has 4 heteroatoms. The second-order valence-electron chi connectivity index (χ2n) is 4.79. The first-order valence-corrected chi connectivity index (χ1v) is 6.67. The molecule has 20 heavy (non-hydrogen) atoms. The summed E-state index contributed by atoms with van der Waals surface area (Å²) < 4.78 is 16.0. The number of nitrogens with two attached hydrogens (primary N) is 1. The number of halogens is 1. The van der Waals surface area contributed by atoms with Gasteiger partial charge >= 0.3 is 0 Å². The molecular formula is C16H16FN3. The Hall–Kier alpha value is -2.36. The molecule has 3 rings (SSSR count). The predicted octanol–water partition coefficient (Wildman–Crippen LogP) is 3.37. The van der Waals surface area contributed by atoms with Gasteiger partial charge in [-0.15, -0.1) is 0 Å². The van der Waals surface area contributed by atoms with Crippen molar-refractivity contribution < 1.29 is 4.39 Å².